The highest BCUT2D eigenvalue weighted by Gasteiger charge is 2.37. The molecule has 2 rings (SSSR count). The van der Waals surface area contributed by atoms with Crippen molar-refractivity contribution in [2.75, 3.05) is 0 Å². The molecule has 1 heterocycles. The highest BCUT2D eigenvalue weighted by molar-refractivity contribution is 5.84. The molecule has 1 aliphatic carbocycles. The first-order valence-corrected chi connectivity index (χ1v) is 5.57. The summed E-state index contributed by atoms with van der Waals surface area (Å²) in [6.45, 7) is 4.24. The molecule has 16 heavy (non-hydrogen) atoms. The van der Waals surface area contributed by atoms with Crippen molar-refractivity contribution in [3.8, 4) is 0 Å². The van der Waals surface area contributed by atoms with E-state index < -0.39 is 5.54 Å². The molecule has 1 amide bonds. The van der Waals surface area contributed by atoms with Crippen LogP contribution in [0.15, 0.2) is 12.3 Å². The number of primary amides is 1. The second-order valence-corrected chi connectivity index (χ2v) is 4.77. The van der Waals surface area contributed by atoms with Gasteiger partial charge in [-0.15, -0.1) is 0 Å². The number of aromatic nitrogens is 2. The summed E-state index contributed by atoms with van der Waals surface area (Å²) in [7, 11) is 0. The van der Waals surface area contributed by atoms with Gasteiger partial charge in [-0.05, 0) is 32.8 Å². The second kappa shape index (κ2) is 3.90. The molecule has 1 atom stereocenters. The number of hydrogen-bond donors (Lipinski definition) is 2. The van der Waals surface area contributed by atoms with Crippen molar-refractivity contribution in [2.24, 2.45) is 5.73 Å². The number of nitrogens with zero attached hydrogens (tertiary/aromatic N) is 2. The maximum absolute atomic E-state index is 11.5. The minimum Gasteiger partial charge on any atom is -0.368 e. The van der Waals surface area contributed by atoms with E-state index in [1.165, 1.54) is 0 Å². The Morgan fingerprint density at radius 3 is 2.88 bits per heavy atom. The Kier molecular flexibility index (Phi) is 2.71. The first-order valence-electron chi connectivity index (χ1n) is 5.57. The van der Waals surface area contributed by atoms with Gasteiger partial charge in [0.05, 0.1) is 12.2 Å². The molecule has 1 aromatic rings. The molecule has 0 spiro atoms. The summed E-state index contributed by atoms with van der Waals surface area (Å²) < 4.78 is 1.76. The predicted octanol–water partition coefficient (Wildman–Crippen LogP) is 0.188. The zero-order valence-electron chi connectivity index (χ0n) is 9.73. The van der Waals surface area contributed by atoms with Gasteiger partial charge in [-0.2, -0.15) is 5.10 Å². The van der Waals surface area contributed by atoms with Crippen LogP contribution in [0.2, 0.25) is 0 Å². The summed E-state index contributed by atoms with van der Waals surface area (Å²) in [5.74, 6) is -0.326. The fourth-order valence-electron chi connectivity index (χ4n) is 1.75. The molecule has 1 aliphatic rings. The quantitative estimate of drug-likeness (QED) is 0.747. The van der Waals surface area contributed by atoms with Crippen LogP contribution in [0.25, 0.3) is 0 Å². The number of nitrogens with one attached hydrogen (secondary N) is 1. The third kappa shape index (κ3) is 2.41. The Labute approximate surface area is 95.0 Å². The predicted molar refractivity (Wildman–Crippen MR) is 60.7 cm³/mol. The summed E-state index contributed by atoms with van der Waals surface area (Å²) in [5.41, 5.74) is 5.69. The number of hydrogen-bond acceptors (Lipinski definition) is 3. The summed E-state index contributed by atoms with van der Waals surface area (Å²) >= 11 is 0. The van der Waals surface area contributed by atoms with Crippen molar-refractivity contribution in [3.05, 3.63) is 18.0 Å². The van der Waals surface area contributed by atoms with Crippen LogP contribution < -0.4 is 11.1 Å². The van der Waals surface area contributed by atoms with Gasteiger partial charge < -0.3 is 5.73 Å². The summed E-state index contributed by atoms with van der Waals surface area (Å²) in [6.07, 6.45) is 4.12. The van der Waals surface area contributed by atoms with Gasteiger partial charge in [0.25, 0.3) is 0 Å². The molecule has 1 unspecified atom stereocenters. The van der Waals surface area contributed by atoms with Crippen molar-refractivity contribution in [2.45, 2.75) is 44.8 Å². The van der Waals surface area contributed by atoms with Crippen molar-refractivity contribution < 1.29 is 4.79 Å². The topological polar surface area (TPSA) is 72.9 Å². The Bertz CT molecular complexity index is 396. The molecule has 0 aliphatic heterocycles. The van der Waals surface area contributed by atoms with Crippen LogP contribution in [0.1, 0.15) is 25.5 Å². The Morgan fingerprint density at radius 1 is 1.75 bits per heavy atom. The lowest BCUT2D eigenvalue weighted by atomic mass is 10.0. The third-order valence-electron chi connectivity index (χ3n) is 2.90. The van der Waals surface area contributed by atoms with E-state index in [1.54, 1.807) is 4.68 Å². The first-order chi connectivity index (χ1) is 7.49. The minimum atomic E-state index is -0.709. The standard InChI is InChI=1S/C11H18N4O/c1-8-5-6-15(14-8)7-11(2,10(12)16)13-9-3-4-9/h5-6,9,13H,3-4,7H2,1-2H3,(H2,12,16). The monoisotopic (exact) mass is 222 g/mol. The largest absolute Gasteiger partial charge is 0.368 e. The van der Waals surface area contributed by atoms with Crippen molar-refractivity contribution in [1.82, 2.24) is 15.1 Å². The van der Waals surface area contributed by atoms with Crippen molar-refractivity contribution >= 4 is 5.91 Å². The van der Waals surface area contributed by atoms with E-state index in [-0.39, 0.29) is 5.91 Å². The van der Waals surface area contributed by atoms with E-state index in [2.05, 4.69) is 10.4 Å². The molecule has 0 saturated heterocycles. The molecule has 1 saturated carbocycles. The van der Waals surface area contributed by atoms with E-state index in [4.69, 9.17) is 5.73 Å². The fourth-order valence-corrected chi connectivity index (χ4v) is 1.75. The maximum atomic E-state index is 11.5. The molecule has 3 N–H and O–H groups in total. The molecule has 88 valence electrons. The Balaban J connectivity index is 2.09. The van der Waals surface area contributed by atoms with Gasteiger partial charge in [0, 0.05) is 12.2 Å². The molecule has 5 nitrogen and oxygen atoms in total. The van der Waals surface area contributed by atoms with Crippen LogP contribution in [-0.4, -0.2) is 27.3 Å². The van der Waals surface area contributed by atoms with Gasteiger partial charge in [0.15, 0.2) is 0 Å². The molecule has 0 bridgehead atoms. The lowest BCUT2D eigenvalue weighted by Crippen LogP contribution is -2.56. The van der Waals surface area contributed by atoms with Gasteiger partial charge in [0.2, 0.25) is 5.91 Å². The van der Waals surface area contributed by atoms with Crippen molar-refractivity contribution in [1.29, 1.82) is 0 Å². The maximum Gasteiger partial charge on any atom is 0.239 e. The van der Waals surface area contributed by atoms with Crippen LogP contribution in [0, 0.1) is 6.92 Å². The van der Waals surface area contributed by atoms with Crippen LogP contribution in [0.3, 0.4) is 0 Å². The number of amides is 1. The third-order valence-corrected chi connectivity index (χ3v) is 2.90. The minimum absolute atomic E-state index is 0.326. The highest BCUT2D eigenvalue weighted by atomic mass is 16.1. The fraction of sp³-hybridized carbons (Fsp3) is 0.636. The summed E-state index contributed by atoms with van der Waals surface area (Å²) in [6, 6.07) is 2.35. The van der Waals surface area contributed by atoms with Crippen molar-refractivity contribution in [3.63, 3.8) is 0 Å². The van der Waals surface area contributed by atoms with Gasteiger partial charge in [-0.1, -0.05) is 0 Å². The SMILES string of the molecule is Cc1ccn(CC(C)(NC2CC2)C(N)=O)n1. The molecule has 0 aromatic carbocycles. The van der Waals surface area contributed by atoms with E-state index >= 15 is 0 Å². The van der Waals surface area contributed by atoms with Gasteiger partial charge in [0.1, 0.15) is 5.54 Å². The second-order valence-electron chi connectivity index (χ2n) is 4.77. The van der Waals surface area contributed by atoms with Crippen LogP contribution >= 0.6 is 0 Å². The zero-order chi connectivity index (χ0) is 11.8. The molecule has 1 fully saturated rings. The zero-order valence-corrected chi connectivity index (χ0v) is 9.73. The number of rotatable bonds is 5. The molecule has 5 heteroatoms. The average Bonchev–Trinajstić information content (AvgIpc) is 2.89. The smallest absolute Gasteiger partial charge is 0.239 e. The van der Waals surface area contributed by atoms with E-state index in [0.717, 1.165) is 18.5 Å². The molecular weight excluding hydrogens is 204 g/mol. The summed E-state index contributed by atoms with van der Waals surface area (Å²) in [4.78, 5) is 11.5. The highest BCUT2D eigenvalue weighted by Crippen LogP contribution is 2.23. The van der Waals surface area contributed by atoms with Gasteiger partial charge >= 0.3 is 0 Å². The Morgan fingerprint density at radius 2 is 2.44 bits per heavy atom. The number of carbonyl (C=O) groups is 1. The van der Waals surface area contributed by atoms with E-state index in [1.807, 2.05) is 26.1 Å². The molecular formula is C11H18N4O. The number of aryl methyl sites for hydroxylation is 1. The first kappa shape index (κ1) is 11.1. The molecule has 0 radical (unpaired) electrons. The number of carbonyl (C=O) groups excluding carboxylic acids is 1. The lowest BCUT2D eigenvalue weighted by molar-refractivity contribution is -0.124. The Hall–Kier alpha value is -1.36. The van der Waals surface area contributed by atoms with Crippen LogP contribution in [0.5, 0.6) is 0 Å². The van der Waals surface area contributed by atoms with Gasteiger partial charge in [-0.25, -0.2) is 0 Å². The normalized spacial score (nSPS) is 19.4. The van der Waals surface area contributed by atoms with E-state index in [9.17, 15) is 4.79 Å². The lowest BCUT2D eigenvalue weighted by Gasteiger charge is -2.27. The summed E-state index contributed by atoms with van der Waals surface area (Å²) in [5, 5.41) is 7.56. The average molecular weight is 222 g/mol. The molecule has 1 aromatic heterocycles. The van der Waals surface area contributed by atoms with E-state index in [0.29, 0.717) is 12.6 Å². The van der Waals surface area contributed by atoms with Crippen LogP contribution in [0.4, 0.5) is 0 Å². The number of nitrogens with two attached hydrogens (primary N) is 1. The van der Waals surface area contributed by atoms with Gasteiger partial charge in [-0.3, -0.25) is 14.8 Å². The van der Waals surface area contributed by atoms with Crippen LogP contribution in [-0.2, 0) is 11.3 Å².